The second kappa shape index (κ2) is 11.6. The monoisotopic (exact) mass is 614 g/mol. The predicted octanol–water partition coefficient (Wildman–Crippen LogP) is 4.66. The van der Waals surface area contributed by atoms with Crippen molar-refractivity contribution >= 4 is 29.4 Å². The molecule has 0 unspecified atom stereocenters. The number of furan rings is 1. The van der Waals surface area contributed by atoms with Gasteiger partial charge in [-0.25, -0.2) is 14.6 Å². The van der Waals surface area contributed by atoms with E-state index in [0.29, 0.717) is 49.2 Å². The number of carbonyl (C=O) groups is 2. The Morgan fingerprint density at radius 1 is 1.07 bits per heavy atom. The number of nitrogens with zero attached hydrogens (tertiary/aromatic N) is 2. The van der Waals surface area contributed by atoms with Crippen molar-refractivity contribution in [1.82, 2.24) is 4.57 Å². The maximum absolute atomic E-state index is 13.9. The first kappa shape index (κ1) is 29.2. The molecule has 0 N–H and O–H groups in total. The number of esters is 2. The van der Waals surface area contributed by atoms with Gasteiger partial charge >= 0.3 is 11.9 Å². The third-order valence-corrected chi connectivity index (χ3v) is 8.18. The van der Waals surface area contributed by atoms with E-state index in [1.165, 1.54) is 15.9 Å². The largest absolute Gasteiger partial charge is 0.463 e. The first-order chi connectivity index (χ1) is 21.1. The van der Waals surface area contributed by atoms with Gasteiger partial charge in [0.2, 0.25) is 6.79 Å². The van der Waals surface area contributed by atoms with Crippen LogP contribution in [-0.2, 0) is 14.3 Å². The number of rotatable bonds is 7. The lowest BCUT2D eigenvalue weighted by Gasteiger charge is -2.24. The molecule has 0 aliphatic carbocycles. The highest BCUT2D eigenvalue weighted by atomic mass is 32.1. The van der Waals surface area contributed by atoms with E-state index in [1.54, 1.807) is 64.1 Å². The molecule has 4 heterocycles. The smallest absolute Gasteiger partial charge is 0.338 e. The Kier molecular flexibility index (Phi) is 7.73. The number of ether oxygens (including phenoxy) is 4. The van der Waals surface area contributed by atoms with Gasteiger partial charge < -0.3 is 23.4 Å². The molecule has 11 heteroatoms. The first-order valence-electron chi connectivity index (χ1n) is 14.2. The van der Waals surface area contributed by atoms with Crippen molar-refractivity contribution in [3.05, 3.63) is 102 Å². The SMILES string of the molecule is CCOC(=O)C1=C(C)N=c2s/c(=C/c3ccc(-c4ccc(C(=O)OC(C)C)cc4C)o3)c(=O)n2[C@@H]1c1ccc2c(c1)OCO2. The summed E-state index contributed by atoms with van der Waals surface area (Å²) in [6.07, 6.45) is 1.45. The molecule has 0 saturated heterocycles. The fourth-order valence-electron chi connectivity index (χ4n) is 5.24. The quantitative estimate of drug-likeness (QED) is 0.276. The second-order valence-electron chi connectivity index (χ2n) is 10.6. The van der Waals surface area contributed by atoms with E-state index in [9.17, 15) is 14.4 Å². The number of thiazole rings is 1. The Morgan fingerprint density at radius 2 is 1.86 bits per heavy atom. The summed E-state index contributed by atoms with van der Waals surface area (Å²) < 4.78 is 29.7. The minimum atomic E-state index is -0.780. The molecule has 0 radical (unpaired) electrons. The fraction of sp³-hybridized carbons (Fsp3) is 0.273. The maximum Gasteiger partial charge on any atom is 0.338 e. The van der Waals surface area contributed by atoms with Crippen LogP contribution in [0.25, 0.3) is 17.4 Å². The van der Waals surface area contributed by atoms with Gasteiger partial charge in [0, 0.05) is 11.6 Å². The summed E-state index contributed by atoms with van der Waals surface area (Å²) in [4.78, 5) is 44.5. The predicted molar refractivity (Wildman–Crippen MR) is 162 cm³/mol. The summed E-state index contributed by atoms with van der Waals surface area (Å²) in [5, 5.41) is 0. The number of benzene rings is 2. The molecule has 6 rings (SSSR count). The number of allylic oxidation sites excluding steroid dienone is 1. The van der Waals surface area contributed by atoms with Crippen molar-refractivity contribution in [2.45, 2.75) is 46.8 Å². The van der Waals surface area contributed by atoms with Gasteiger partial charge in [-0.3, -0.25) is 9.36 Å². The Labute approximate surface area is 256 Å². The molecule has 0 amide bonds. The summed E-state index contributed by atoms with van der Waals surface area (Å²) in [6.45, 7) is 9.24. The zero-order chi connectivity index (χ0) is 31.1. The molecule has 4 aromatic rings. The van der Waals surface area contributed by atoms with Crippen LogP contribution in [-0.4, -0.2) is 36.0 Å². The Hall–Kier alpha value is -4.90. The van der Waals surface area contributed by atoms with Gasteiger partial charge in [-0.1, -0.05) is 23.5 Å². The van der Waals surface area contributed by atoms with Crippen molar-refractivity contribution in [1.29, 1.82) is 0 Å². The topological polar surface area (TPSA) is 119 Å². The first-order valence-corrected chi connectivity index (χ1v) is 15.0. The molecule has 0 saturated carbocycles. The molecule has 0 fully saturated rings. The van der Waals surface area contributed by atoms with E-state index in [2.05, 4.69) is 4.99 Å². The lowest BCUT2D eigenvalue weighted by atomic mass is 9.95. The minimum absolute atomic E-state index is 0.0978. The molecule has 10 nitrogen and oxygen atoms in total. The van der Waals surface area contributed by atoms with E-state index >= 15 is 0 Å². The van der Waals surface area contributed by atoms with E-state index in [-0.39, 0.29) is 36.6 Å². The lowest BCUT2D eigenvalue weighted by molar-refractivity contribution is -0.139. The Morgan fingerprint density at radius 3 is 2.61 bits per heavy atom. The number of hydrogen-bond donors (Lipinski definition) is 0. The van der Waals surface area contributed by atoms with Crippen LogP contribution < -0.4 is 24.4 Å². The summed E-state index contributed by atoms with van der Waals surface area (Å²) in [5.74, 6) is 1.25. The van der Waals surface area contributed by atoms with Crippen LogP contribution in [0.5, 0.6) is 11.5 Å². The summed E-state index contributed by atoms with van der Waals surface area (Å²) >= 11 is 1.20. The molecule has 0 bridgehead atoms. The summed E-state index contributed by atoms with van der Waals surface area (Å²) in [6, 6.07) is 13.4. The van der Waals surface area contributed by atoms with Crippen molar-refractivity contribution in [3.8, 4) is 22.8 Å². The van der Waals surface area contributed by atoms with Crippen molar-refractivity contribution in [2.24, 2.45) is 4.99 Å². The van der Waals surface area contributed by atoms with Crippen molar-refractivity contribution in [2.75, 3.05) is 13.4 Å². The third kappa shape index (κ3) is 5.35. The van der Waals surface area contributed by atoms with Crippen LogP contribution in [0.4, 0.5) is 0 Å². The van der Waals surface area contributed by atoms with Crippen LogP contribution in [0.15, 0.2) is 74.0 Å². The zero-order valence-corrected chi connectivity index (χ0v) is 25.7. The Bertz CT molecular complexity index is 2010. The highest BCUT2D eigenvalue weighted by molar-refractivity contribution is 7.07. The van der Waals surface area contributed by atoms with Crippen molar-refractivity contribution < 1.29 is 33.0 Å². The zero-order valence-electron chi connectivity index (χ0n) is 24.8. The van der Waals surface area contributed by atoms with Crippen LogP contribution in [0, 0.1) is 6.92 Å². The van der Waals surface area contributed by atoms with Crippen LogP contribution in [0.3, 0.4) is 0 Å². The normalized spacial score (nSPS) is 15.8. The lowest BCUT2D eigenvalue weighted by Crippen LogP contribution is -2.39. The van der Waals surface area contributed by atoms with Gasteiger partial charge in [-0.2, -0.15) is 0 Å². The molecule has 44 heavy (non-hydrogen) atoms. The molecule has 2 aromatic carbocycles. The van der Waals surface area contributed by atoms with Gasteiger partial charge in [0.15, 0.2) is 16.3 Å². The minimum Gasteiger partial charge on any atom is -0.463 e. The van der Waals surface area contributed by atoms with Gasteiger partial charge in [0.05, 0.1) is 40.1 Å². The van der Waals surface area contributed by atoms with Crippen LogP contribution in [0.1, 0.15) is 61.0 Å². The van der Waals surface area contributed by atoms with Gasteiger partial charge in [-0.05, 0) is 82.1 Å². The van der Waals surface area contributed by atoms with Gasteiger partial charge in [-0.15, -0.1) is 0 Å². The van der Waals surface area contributed by atoms with E-state index in [0.717, 1.165) is 11.1 Å². The molecule has 2 aromatic heterocycles. The number of aromatic nitrogens is 1. The summed E-state index contributed by atoms with van der Waals surface area (Å²) in [7, 11) is 0. The number of fused-ring (bicyclic) bond motifs is 2. The highest BCUT2D eigenvalue weighted by Crippen LogP contribution is 2.38. The molecule has 2 aliphatic rings. The summed E-state index contributed by atoms with van der Waals surface area (Å²) in [5.41, 5.74) is 3.20. The van der Waals surface area contributed by atoms with E-state index in [4.69, 9.17) is 23.4 Å². The second-order valence-corrected chi connectivity index (χ2v) is 11.6. The van der Waals surface area contributed by atoms with E-state index < -0.39 is 12.0 Å². The third-order valence-electron chi connectivity index (χ3n) is 7.20. The number of carbonyl (C=O) groups excluding carboxylic acids is 2. The highest BCUT2D eigenvalue weighted by Gasteiger charge is 2.34. The van der Waals surface area contributed by atoms with E-state index in [1.807, 2.05) is 25.1 Å². The van der Waals surface area contributed by atoms with Crippen LogP contribution in [0.2, 0.25) is 0 Å². The molecule has 2 aliphatic heterocycles. The Balaban J connectivity index is 1.39. The molecule has 1 atom stereocenters. The maximum atomic E-state index is 13.9. The fourth-order valence-corrected chi connectivity index (χ4v) is 6.27. The average molecular weight is 615 g/mol. The number of aryl methyl sites for hydroxylation is 1. The molecule has 226 valence electrons. The van der Waals surface area contributed by atoms with Crippen molar-refractivity contribution in [3.63, 3.8) is 0 Å². The molecular weight excluding hydrogens is 584 g/mol. The number of hydrogen-bond acceptors (Lipinski definition) is 10. The van der Waals surface area contributed by atoms with Gasteiger partial charge in [0.25, 0.3) is 5.56 Å². The average Bonchev–Trinajstić information content (AvgIpc) is 3.71. The molecule has 0 spiro atoms. The van der Waals surface area contributed by atoms with Gasteiger partial charge in [0.1, 0.15) is 11.5 Å². The molecular formula is C33H30N2O8S. The standard InChI is InChI=1S/C33H30N2O8S/c1-6-39-32(38)28-19(5)34-33-35(29(28)20-8-11-25-26(14-20)41-16-40-25)30(36)27(44-33)15-22-9-12-24(43-22)23-10-7-21(13-18(23)4)31(37)42-17(2)3/h7-15,17,29H,6,16H2,1-5H3/b27-15+/t29-/m1/s1. The van der Waals surface area contributed by atoms with Crippen LogP contribution >= 0.6 is 11.3 Å².